The van der Waals surface area contributed by atoms with Gasteiger partial charge in [-0.15, -0.1) is 0 Å². The molecular weight excluding hydrogens is 255 g/mol. The first-order valence-corrected chi connectivity index (χ1v) is 6.62. The fraction of sp³-hybridized carbons (Fsp3) is 1.00. The van der Waals surface area contributed by atoms with Gasteiger partial charge in [-0.25, -0.2) is 0 Å². The summed E-state index contributed by atoms with van der Waals surface area (Å²) in [7, 11) is -1.05. The molecule has 78 valence electrons. The van der Waals surface area contributed by atoms with E-state index in [1.165, 1.54) is 0 Å². The second kappa shape index (κ2) is 6.31. The van der Waals surface area contributed by atoms with Gasteiger partial charge in [-0.2, -0.15) is 0 Å². The van der Waals surface area contributed by atoms with E-state index >= 15 is 0 Å². The van der Waals surface area contributed by atoms with Gasteiger partial charge in [0.2, 0.25) is 0 Å². The predicted molar refractivity (Wildman–Crippen MR) is 56.9 cm³/mol. The van der Waals surface area contributed by atoms with Crippen LogP contribution in [-0.2, 0) is 13.6 Å². The van der Waals surface area contributed by atoms with Crippen molar-refractivity contribution in [3.8, 4) is 0 Å². The Bertz CT molecular complexity index is 139. The lowest BCUT2D eigenvalue weighted by atomic mass is 10.1. The average molecular weight is 271 g/mol. The molecule has 1 atom stereocenters. The van der Waals surface area contributed by atoms with Crippen molar-refractivity contribution in [2.24, 2.45) is 5.92 Å². The van der Waals surface area contributed by atoms with Crippen molar-refractivity contribution in [3.05, 3.63) is 0 Å². The first kappa shape index (κ1) is 11.9. The highest BCUT2D eigenvalue weighted by Gasteiger charge is 2.27. The molecule has 0 aromatic carbocycles. The summed E-state index contributed by atoms with van der Waals surface area (Å²) in [6.45, 7) is 6.24. The molecule has 1 fully saturated rings. The van der Waals surface area contributed by atoms with Gasteiger partial charge in [0.05, 0.1) is 19.8 Å². The second-order valence-corrected chi connectivity index (χ2v) is 5.32. The monoisotopic (exact) mass is 270 g/mol. The zero-order chi connectivity index (χ0) is 9.68. The van der Waals surface area contributed by atoms with E-state index in [0.29, 0.717) is 17.4 Å². The molecule has 0 radical (unpaired) electrons. The van der Waals surface area contributed by atoms with Crippen molar-refractivity contribution in [2.45, 2.75) is 25.1 Å². The molecule has 1 unspecified atom stereocenters. The molecule has 1 aliphatic heterocycles. The summed E-state index contributed by atoms with van der Waals surface area (Å²) >= 11 is 3.60. The maximum Gasteiger partial charge on any atom is 0.332 e. The topological polar surface area (TPSA) is 27.7 Å². The molecular formula is C8H16BrO3P. The molecule has 0 amide bonds. The zero-order valence-electron chi connectivity index (χ0n) is 8.03. The smallest absolute Gasteiger partial charge is 0.313 e. The minimum absolute atomic E-state index is 0.462. The summed E-state index contributed by atoms with van der Waals surface area (Å²) in [4.78, 5) is 0.492. The minimum Gasteiger partial charge on any atom is -0.313 e. The Morgan fingerprint density at radius 1 is 1.46 bits per heavy atom. The zero-order valence-corrected chi connectivity index (χ0v) is 10.5. The van der Waals surface area contributed by atoms with E-state index in [9.17, 15) is 0 Å². The molecule has 0 spiro atoms. The molecule has 5 heteroatoms. The first-order valence-electron chi connectivity index (χ1n) is 4.60. The van der Waals surface area contributed by atoms with Crippen LogP contribution >= 0.6 is 24.5 Å². The number of hydrogen-bond acceptors (Lipinski definition) is 3. The van der Waals surface area contributed by atoms with Crippen LogP contribution in [0.1, 0.15) is 20.3 Å². The van der Waals surface area contributed by atoms with Crippen molar-refractivity contribution in [3.63, 3.8) is 0 Å². The van der Waals surface area contributed by atoms with E-state index in [2.05, 4.69) is 22.9 Å². The molecule has 1 rings (SSSR count). The van der Waals surface area contributed by atoms with Crippen LogP contribution in [0.15, 0.2) is 0 Å². The van der Waals surface area contributed by atoms with Gasteiger partial charge in [-0.05, 0) is 13.3 Å². The third-order valence-corrected chi connectivity index (χ3v) is 4.51. The Morgan fingerprint density at radius 3 is 2.54 bits per heavy atom. The lowest BCUT2D eigenvalue weighted by molar-refractivity contribution is 0.0738. The number of halogens is 1. The van der Waals surface area contributed by atoms with Gasteiger partial charge in [0.15, 0.2) is 0 Å². The Hall–Kier alpha value is 0.790. The maximum absolute atomic E-state index is 5.44. The third-order valence-electron chi connectivity index (χ3n) is 1.92. The predicted octanol–water partition coefficient (Wildman–Crippen LogP) is 3.09. The third kappa shape index (κ3) is 3.80. The molecule has 13 heavy (non-hydrogen) atoms. The molecule has 0 aromatic rings. The van der Waals surface area contributed by atoms with Gasteiger partial charge in [0.25, 0.3) is 0 Å². The fourth-order valence-electron chi connectivity index (χ4n) is 1.12. The Morgan fingerprint density at radius 2 is 2.08 bits per heavy atom. The van der Waals surface area contributed by atoms with Crippen LogP contribution in [0.4, 0.5) is 0 Å². The van der Waals surface area contributed by atoms with Crippen LogP contribution in [0.25, 0.3) is 0 Å². The van der Waals surface area contributed by atoms with Crippen molar-refractivity contribution >= 4 is 24.5 Å². The van der Waals surface area contributed by atoms with Gasteiger partial charge < -0.3 is 13.6 Å². The second-order valence-electron chi connectivity index (χ2n) is 2.92. The minimum atomic E-state index is -1.05. The number of hydrogen-bond donors (Lipinski definition) is 0. The first-order chi connectivity index (χ1) is 6.27. The van der Waals surface area contributed by atoms with E-state index in [-0.39, 0.29) is 0 Å². The van der Waals surface area contributed by atoms with Crippen LogP contribution in [-0.4, -0.2) is 24.6 Å². The van der Waals surface area contributed by atoms with Crippen molar-refractivity contribution in [1.82, 2.24) is 0 Å². The van der Waals surface area contributed by atoms with Crippen molar-refractivity contribution in [1.29, 1.82) is 0 Å². The lowest BCUT2D eigenvalue weighted by Gasteiger charge is -2.29. The van der Waals surface area contributed by atoms with E-state index in [4.69, 9.17) is 13.6 Å². The Balaban J connectivity index is 2.22. The lowest BCUT2D eigenvalue weighted by Crippen LogP contribution is -2.27. The van der Waals surface area contributed by atoms with Crippen LogP contribution < -0.4 is 0 Å². The molecule has 0 aromatic heterocycles. The van der Waals surface area contributed by atoms with E-state index in [1.807, 2.05) is 6.92 Å². The standard InChI is InChI=1S/C8H16BrO3P/c1-3-8(9)7-5-11-13(10-4-2)12-6-7/h7-8H,3-6H2,1-2H3. The van der Waals surface area contributed by atoms with Gasteiger partial charge in [-0.1, -0.05) is 22.9 Å². The SMILES string of the molecule is CCOP1OCC(C(Br)CC)CO1. The summed E-state index contributed by atoms with van der Waals surface area (Å²) in [5, 5.41) is 0. The molecule has 0 saturated carbocycles. The Kier molecular flexibility index (Phi) is 5.75. The van der Waals surface area contributed by atoms with Gasteiger partial charge in [0, 0.05) is 10.7 Å². The molecule has 0 aliphatic carbocycles. The van der Waals surface area contributed by atoms with Crippen LogP contribution in [0, 0.1) is 5.92 Å². The molecule has 0 N–H and O–H groups in total. The van der Waals surface area contributed by atoms with Crippen LogP contribution in [0.5, 0.6) is 0 Å². The fourth-order valence-corrected chi connectivity index (χ4v) is 2.49. The largest absolute Gasteiger partial charge is 0.332 e. The Labute approximate surface area is 89.3 Å². The van der Waals surface area contributed by atoms with Crippen LogP contribution in [0.2, 0.25) is 0 Å². The van der Waals surface area contributed by atoms with Crippen LogP contribution in [0.3, 0.4) is 0 Å². The molecule has 1 saturated heterocycles. The normalized spacial score (nSPS) is 31.6. The quantitative estimate of drug-likeness (QED) is 0.581. The summed E-state index contributed by atoms with van der Waals surface area (Å²) in [5.74, 6) is 0.462. The molecule has 1 aliphatic rings. The molecule has 3 nitrogen and oxygen atoms in total. The maximum atomic E-state index is 5.44. The average Bonchev–Trinajstić information content (AvgIpc) is 2.18. The highest BCUT2D eigenvalue weighted by Crippen LogP contribution is 2.44. The molecule has 1 heterocycles. The highest BCUT2D eigenvalue weighted by atomic mass is 79.9. The summed E-state index contributed by atoms with van der Waals surface area (Å²) in [6.07, 6.45) is 1.10. The summed E-state index contributed by atoms with van der Waals surface area (Å²) < 4.78 is 16.1. The van der Waals surface area contributed by atoms with Crippen molar-refractivity contribution in [2.75, 3.05) is 19.8 Å². The summed E-state index contributed by atoms with van der Waals surface area (Å²) in [5.41, 5.74) is 0. The van der Waals surface area contributed by atoms with E-state index in [0.717, 1.165) is 19.6 Å². The van der Waals surface area contributed by atoms with Gasteiger partial charge >= 0.3 is 8.60 Å². The van der Waals surface area contributed by atoms with E-state index in [1.54, 1.807) is 0 Å². The van der Waals surface area contributed by atoms with E-state index < -0.39 is 8.60 Å². The highest BCUT2D eigenvalue weighted by molar-refractivity contribution is 9.09. The number of alkyl halides is 1. The van der Waals surface area contributed by atoms with Crippen molar-refractivity contribution < 1.29 is 13.6 Å². The molecule has 0 bridgehead atoms. The van der Waals surface area contributed by atoms with Gasteiger partial charge in [0.1, 0.15) is 0 Å². The summed E-state index contributed by atoms with van der Waals surface area (Å²) in [6, 6.07) is 0. The number of rotatable bonds is 4. The van der Waals surface area contributed by atoms with Gasteiger partial charge in [-0.3, -0.25) is 0 Å².